The van der Waals surface area contributed by atoms with Crippen molar-refractivity contribution in [1.82, 2.24) is 0 Å². The Balaban J connectivity index is 2.59. The Bertz CT molecular complexity index is 429. The first-order valence-corrected chi connectivity index (χ1v) is 4.86. The van der Waals surface area contributed by atoms with Gasteiger partial charge in [0.1, 0.15) is 18.2 Å². The summed E-state index contributed by atoms with van der Waals surface area (Å²) in [5, 5.41) is 8.58. The molecule has 0 spiro atoms. The normalized spacial score (nSPS) is 11.3. The first-order chi connectivity index (χ1) is 7.50. The molecule has 1 aromatic rings. The number of benzene rings is 1. The van der Waals surface area contributed by atoms with E-state index in [0.29, 0.717) is 5.75 Å². The zero-order valence-corrected chi connectivity index (χ0v) is 9.29. The van der Waals surface area contributed by atoms with Crippen molar-refractivity contribution < 1.29 is 19.0 Å². The van der Waals surface area contributed by atoms with Crippen LogP contribution in [0, 0.1) is 5.82 Å². The molecule has 0 aromatic heterocycles. The van der Waals surface area contributed by atoms with Gasteiger partial charge in [-0.25, -0.2) is 9.18 Å². The molecule has 1 N–H and O–H groups in total. The van der Waals surface area contributed by atoms with Gasteiger partial charge in [0.2, 0.25) is 0 Å². The van der Waals surface area contributed by atoms with Crippen LogP contribution in [0.4, 0.5) is 4.39 Å². The standard InChI is InChI=1S/C11H10ClFO3/c1-7(11(14)15)4-5-16-8-2-3-9(12)10(13)6-8/h2-4,6H,5H2,1H3,(H,14,15)/b7-4-. The lowest BCUT2D eigenvalue weighted by molar-refractivity contribution is -0.132. The minimum atomic E-state index is -1.01. The summed E-state index contributed by atoms with van der Waals surface area (Å²) in [6, 6.07) is 4.03. The smallest absolute Gasteiger partial charge is 0.331 e. The number of halogens is 2. The van der Waals surface area contributed by atoms with E-state index in [4.69, 9.17) is 21.4 Å². The molecule has 1 aromatic carbocycles. The molecule has 0 bridgehead atoms. The van der Waals surface area contributed by atoms with E-state index in [1.165, 1.54) is 25.1 Å². The highest BCUT2D eigenvalue weighted by molar-refractivity contribution is 6.30. The highest BCUT2D eigenvalue weighted by atomic mass is 35.5. The van der Waals surface area contributed by atoms with Gasteiger partial charge in [0.25, 0.3) is 0 Å². The number of carboxylic acid groups (broad SMARTS) is 1. The van der Waals surface area contributed by atoms with Gasteiger partial charge in [0.05, 0.1) is 5.02 Å². The zero-order valence-electron chi connectivity index (χ0n) is 8.54. The van der Waals surface area contributed by atoms with Crippen LogP contribution in [0.2, 0.25) is 5.02 Å². The lowest BCUT2D eigenvalue weighted by atomic mass is 10.3. The van der Waals surface area contributed by atoms with Gasteiger partial charge in [-0.3, -0.25) is 0 Å². The number of rotatable bonds is 4. The van der Waals surface area contributed by atoms with E-state index in [1.807, 2.05) is 0 Å². The quantitative estimate of drug-likeness (QED) is 0.829. The SMILES string of the molecule is C/C(=C/COc1ccc(Cl)c(F)c1)C(=O)O. The van der Waals surface area contributed by atoms with Gasteiger partial charge >= 0.3 is 5.97 Å². The second-order valence-corrected chi connectivity index (χ2v) is 3.49. The Morgan fingerprint density at radius 1 is 1.62 bits per heavy atom. The van der Waals surface area contributed by atoms with Crippen molar-refractivity contribution in [2.24, 2.45) is 0 Å². The highest BCUT2D eigenvalue weighted by Gasteiger charge is 2.02. The molecule has 0 amide bonds. The third-order valence-corrected chi connectivity index (χ3v) is 2.17. The van der Waals surface area contributed by atoms with Crippen molar-refractivity contribution in [3.8, 4) is 5.75 Å². The maximum atomic E-state index is 13.0. The van der Waals surface area contributed by atoms with E-state index in [1.54, 1.807) is 0 Å². The van der Waals surface area contributed by atoms with Crippen LogP contribution in [-0.4, -0.2) is 17.7 Å². The van der Waals surface area contributed by atoms with Gasteiger partial charge in [-0.15, -0.1) is 0 Å². The fraction of sp³-hybridized carbons (Fsp3) is 0.182. The van der Waals surface area contributed by atoms with E-state index < -0.39 is 11.8 Å². The van der Waals surface area contributed by atoms with Crippen LogP contribution in [0.5, 0.6) is 5.75 Å². The van der Waals surface area contributed by atoms with E-state index in [2.05, 4.69) is 0 Å². The van der Waals surface area contributed by atoms with Crippen molar-refractivity contribution >= 4 is 17.6 Å². The molecule has 0 radical (unpaired) electrons. The topological polar surface area (TPSA) is 46.5 Å². The second kappa shape index (κ2) is 5.51. The first kappa shape index (κ1) is 12.5. The maximum absolute atomic E-state index is 13.0. The molecule has 0 saturated heterocycles. The van der Waals surface area contributed by atoms with Gasteiger partial charge in [-0.2, -0.15) is 0 Å². The van der Waals surface area contributed by atoms with E-state index in [0.717, 1.165) is 6.07 Å². The molecule has 0 heterocycles. The van der Waals surface area contributed by atoms with Gasteiger partial charge < -0.3 is 9.84 Å². The Kier molecular flexibility index (Phi) is 4.31. The van der Waals surface area contributed by atoms with Crippen molar-refractivity contribution in [1.29, 1.82) is 0 Å². The summed E-state index contributed by atoms with van der Waals surface area (Å²) in [5.41, 5.74) is 0.175. The summed E-state index contributed by atoms with van der Waals surface area (Å²) >= 11 is 5.49. The van der Waals surface area contributed by atoms with Crippen LogP contribution in [0.15, 0.2) is 29.8 Å². The first-order valence-electron chi connectivity index (χ1n) is 4.48. The van der Waals surface area contributed by atoms with Crippen LogP contribution in [0.3, 0.4) is 0 Å². The monoisotopic (exact) mass is 244 g/mol. The van der Waals surface area contributed by atoms with E-state index in [9.17, 15) is 9.18 Å². The summed E-state index contributed by atoms with van der Waals surface area (Å²) in [6.45, 7) is 1.52. The number of ether oxygens (including phenoxy) is 1. The summed E-state index contributed by atoms with van der Waals surface area (Å²) in [7, 11) is 0. The highest BCUT2D eigenvalue weighted by Crippen LogP contribution is 2.20. The maximum Gasteiger partial charge on any atom is 0.331 e. The van der Waals surface area contributed by atoms with Gasteiger partial charge in [0, 0.05) is 11.6 Å². The number of aliphatic carboxylic acids is 1. The van der Waals surface area contributed by atoms with E-state index >= 15 is 0 Å². The molecule has 1 rings (SSSR count). The molecular formula is C11H10ClFO3. The molecule has 0 unspecified atom stereocenters. The van der Waals surface area contributed by atoms with Crippen molar-refractivity contribution in [2.45, 2.75) is 6.92 Å². The number of carboxylic acids is 1. The van der Waals surface area contributed by atoms with E-state index in [-0.39, 0.29) is 17.2 Å². The minimum absolute atomic E-state index is 0.0182. The average molecular weight is 245 g/mol. The van der Waals surface area contributed by atoms with Gasteiger partial charge in [-0.1, -0.05) is 11.6 Å². The molecule has 0 aliphatic rings. The fourth-order valence-corrected chi connectivity index (χ4v) is 1.03. The average Bonchev–Trinajstić information content (AvgIpc) is 2.23. The molecule has 0 atom stereocenters. The molecule has 86 valence electrons. The third kappa shape index (κ3) is 3.55. The van der Waals surface area contributed by atoms with Crippen LogP contribution in [0.25, 0.3) is 0 Å². The second-order valence-electron chi connectivity index (χ2n) is 3.08. The lowest BCUT2D eigenvalue weighted by Crippen LogP contribution is -2.00. The van der Waals surface area contributed by atoms with Gasteiger partial charge in [0.15, 0.2) is 0 Å². The van der Waals surface area contributed by atoms with Crippen molar-refractivity contribution in [3.63, 3.8) is 0 Å². The number of hydrogen-bond acceptors (Lipinski definition) is 2. The largest absolute Gasteiger partial charge is 0.489 e. The third-order valence-electron chi connectivity index (χ3n) is 1.87. The molecule has 16 heavy (non-hydrogen) atoms. The molecule has 0 aliphatic heterocycles. The summed E-state index contributed by atoms with van der Waals surface area (Å²) in [6.07, 6.45) is 1.40. The van der Waals surface area contributed by atoms with Crippen molar-refractivity contribution in [3.05, 3.63) is 40.7 Å². The van der Waals surface area contributed by atoms with Crippen LogP contribution in [0.1, 0.15) is 6.92 Å². The van der Waals surface area contributed by atoms with Crippen LogP contribution >= 0.6 is 11.6 Å². The molecule has 0 aliphatic carbocycles. The summed E-state index contributed by atoms with van der Waals surface area (Å²) in [5.74, 6) is -1.28. The summed E-state index contributed by atoms with van der Waals surface area (Å²) < 4.78 is 18.1. The van der Waals surface area contributed by atoms with Crippen LogP contribution in [-0.2, 0) is 4.79 Å². The fourth-order valence-electron chi connectivity index (χ4n) is 0.917. The molecule has 0 fully saturated rings. The summed E-state index contributed by atoms with van der Waals surface area (Å²) in [4.78, 5) is 10.4. The molecule has 5 heteroatoms. The zero-order chi connectivity index (χ0) is 12.1. The molecular weight excluding hydrogens is 235 g/mol. The minimum Gasteiger partial charge on any atom is -0.489 e. The Hall–Kier alpha value is -1.55. The predicted octanol–water partition coefficient (Wildman–Crippen LogP) is 2.89. The lowest BCUT2D eigenvalue weighted by Gasteiger charge is -2.04. The van der Waals surface area contributed by atoms with Crippen molar-refractivity contribution in [2.75, 3.05) is 6.61 Å². The Morgan fingerprint density at radius 2 is 2.31 bits per heavy atom. The number of carbonyl (C=O) groups is 1. The Morgan fingerprint density at radius 3 is 2.88 bits per heavy atom. The molecule has 0 saturated carbocycles. The number of hydrogen-bond donors (Lipinski definition) is 1. The molecule has 3 nitrogen and oxygen atoms in total. The predicted molar refractivity (Wildman–Crippen MR) is 58.3 cm³/mol. The van der Waals surface area contributed by atoms with Crippen LogP contribution < -0.4 is 4.74 Å². The Labute approximate surface area is 97.1 Å². The van der Waals surface area contributed by atoms with Gasteiger partial charge in [-0.05, 0) is 25.1 Å².